The van der Waals surface area contributed by atoms with E-state index in [2.05, 4.69) is 0 Å². The number of nitrogens with zero attached hydrogens (tertiary/aromatic N) is 1. The van der Waals surface area contributed by atoms with Crippen LogP contribution in [0.5, 0.6) is 0 Å². The summed E-state index contributed by atoms with van der Waals surface area (Å²) in [6.45, 7) is 4.13. The second-order valence-electron chi connectivity index (χ2n) is 4.66. The molecule has 112 valence electrons. The fourth-order valence-corrected chi connectivity index (χ4v) is 2.53. The first-order chi connectivity index (χ1) is 9.54. The highest BCUT2D eigenvalue weighted by atomic mass is 35.5. The number of aliphatic hydroxyl groups excluding tert-OH is 1. The molecular formula is C15H21ClFNO2. The molecular weight excluding hydrogens is 281 g/mol. The number of hydrogen-bond acceptors (Lipinski definition) is 2. The zero-order chi connectivity index (χ0) is 15.1. The second kappa shape index (κ2) is 8.22. The van der Waals surface area contributed by atoms with Gasteiger partial charge in [0.15, 0.2) is 0 Å². The third kappa shape index (κ3) is 4.18. The van der Waals surface area contributed by atoms with Gasteiger partial charge in [-0.05, 0) is 25.0 Å². The average molecular weight is 302 g/mol. The summed E-state index contributed by atoms with van der Waals surface area (Å²) in [5.41, 5.74) is 0.216. The molecule has 0 aliphatic rings. The summed E-state index contributed by atoms with van der Waals surface area (Å²) in [5, 5.41) is 9.36. The van der Waals surface area contributed by atoms with E-state index in [1.165, 1.54) is 12.1 Å². The summed E-state index contributed by atoms with van der Waals surface area (Å²) >= 11 is 5.94. The standard InChI is InChI=1S/C15H21ClFNO2/c1-3-11(4-2)18(8-9-19)15(20)10-12-13(16)6-5-7-14(12)17/h5-7,11,19H,3-4,8-10H2,1-2H3. The summed E-state index contributed by atoms with van der Waals surface area (Å²) in [5.74, 6) is -0.681. The quantitative estimate of drug-likeness (QED) is 0.841. The minimum Gasteiger partial charge on any atom is -0.395 e. The summed E-state index contributed by atoms with van der Waals surface area (Å²) in [4.78, 5) is 14.0. The molecule has 0 aromatic heterocycles. The topological polar surface area (TPSA) is 40.5 Å². The van der Waals surface area contributed by atoms with Crippen LogP contribution >= 0.6 is 11.6 Å². The Hall–Kier alpha value is -1.13. The zero-order valence-electron chi connectivity index (χ0n) is 11.9. The van der Waals surface area contributed by atoms with Gasteiger partial charge in [0.05, 0.1) is 13.0 Å². The van der Waals surface area contributed by atoms with Gasteiger partial charge >= 0.3 is 0 Å². The van der Waals surface area contributed by atoms with Gasteiger partial charge in [0.25, 0.3) is 0 Å². The van der Waals surface area contributed by atoms with Crippen molar-refractivity contribution in [2.75, 3.05) is 13.2 Å². The van der Waals surface area contributed by atoms with Gasteiger partial charge in [-0.3, -0.25) is 4.79 Å². The number of benzene rings is 1. The van der Waals surface area contributed by atoms with Crippen molar-refractivity contribution in [2.45, 2.75) is 39.2 Å². The molecule has 0 spiro atoms. The highest BCUT2D eigenvalue weighted by Gasteiger charge is 2.22. The maximum Gasteiger partial charge on any atom is 0.227 e. The normalized spacial score (nSPS) is 10.9. The minimum atomic E-state index is -0.473. The lowest BCUT2D eigenvalue weighted by atomic mass is 10.1. The molecule has 0 atom stereocenters. The summed E-state index contributed by atoms with van der Waals surface area (Å²) in [6.07, 6.45) is 1.52. The van der Waals surface area contributed by atoms with E-state index in [4.69, 9.17) is 16.7 Å². The Kier molecular flexibility index (Phi) is 6.96. The van der Waals surface area contributed by atoms with E-state index in [0.717, 1.165) is 12.8 Å². The van der Waals surface area contributed by atoms with Crippen molar-refractivity contribution < 1.29 is 14.3 Å². The fourth-order valence-electron chi connectivity index (χ4n) is 2.30. The number of carbonyl (C=O) groups is 1. The minimum absolute atomic E-state index is 0.0557. The van der Waals surface area contributed by atoms with Gasteiger partial charge in [-0.25, -0.2) is 4.39 Å². The van der Waals surface area contributed by atoms with Crippen molar-refractivity contribution in [2.24, 2.45) is 0 Å². The number of hydrogen-bond donors (Lipinski definition) is 1. The van der Waals surface area contributed by atoms with Crippen molar-refractivity contribution in [1.29, 1.82) is 0 Å². The molecule has 0 aliphatic heterocycles. The third-order valence-corrected chi connectivity index (χ3v) is 3.79. The predicted molar refractivity (Wildman–Crippen MR) is 78.3 cm³/mol. The molecule has 0 bridgehead atoms. The Labute approximate surface area is 124 Å². The molecule has 0 fully saturated rings. The molecule has 3 nitrogen and oxygen atoms in total. The fraction of sp³-hybridized carbons (Fsp3) is 0.533. The van der Waals surface area contributed by atoms with Gasteiger partial charge in [-0.2, -0.15) is 0 Å². The lowest BCUT2D eigenvalue weighted by molar-refractivity contribution is -0.133. The summed E-state index contributed by atoms with van der Waals surface area (Å²) < 4.78 is 13.7. The van der Waals surface area contributed by atoms with Gasteiger partial charge in [0, 0.05) is 23.2 Å². The van der Waals surface area contributed by atoms with E-state index in [9.17, 15) is 9.18 Å². The maximum atomic E-state index is 13.7. The van der Waals surface area contributed by atoms with Crippen molar-refractivity contribution >= 4 is 17.5 Å². The Balaban J connectivity index is 2.91. The molecule has 0 heterocycles. The van der Waals surface area contributed by atoms with Crippen molar-refractivity contribution in [3.8, 4) is 0 Å². The van der Waals surface area contributed by atoms with Gasteiger partial charge in [0.1, 0.15) is 5.82 Å². The highest BCUT2D eigenvalue weighted by molar-refractivity contribution is 6.31. The van der Waals surface area contributed by atoms with Crippen LogP contribution in [-0.4, -0.2) is 35.1 Å². The molecule has 5 heteroatoms. The molecule has 1 rings (SSSR count). The third-order valence-electron chi connectivity index (χ3n) is 3.43. The van der Waals surface area contributed by atoms with E-state index >= 15 is 0 Å². The highest BCUT2D eigenvalue weighted by Crippen LogP contribution is 2.21. The van der Waals surface area contributed by atoms with Crippen LogP contribution in [0.4, 0.5) is 4.39 Å². The molecule has 1 aromatic rings. The number of carbonyl (C=O) groups excluding carboxylic acids is 1. The lowest BCUT2D eigenvalue weighted by Gasteiger charge is -2.30. The first-order valence-corrected chi connectivity index (χ1v) is 7.26. The van der Waals surface area contributed by atoms with Gasteiger partial charge in [0.2, 0.25) is 5.91 Å². The Morgan fingerprint density at radius 3 is 2.55 bits per heavy atom. The second-order valence-corrected chi connectivity index (χ2v) is 5.07. The maximum absolute atomic E-state index is 13.7. The number of amides is 1. The number of rotatable bonds is 7. The number of halogens is 2. The molecule has 0 radical (unpaired) electrons. The van der Waals surface area contributed by atoms with E-state index in [0.29, 0.717) is 0 Å². The predicted octanol–water partition coefficient (Wildman–Crippen LogP) is 3.03. The van der Waals surface area contributed by atoms with Crippen molar-refractivity contribution in [3.05, 3.63) is 34.6 Å². The molecule has 0 unspecified atom stereocenters. The Bertz CT molecular complexity index is 429. The van der Waals surface area contributed by atoms with Crippen LogP contribution < -0.4 is 0 Å². The van der Waals surface area contributed by atoms with Crippen molar-refractivity contribution in [3.63, 3.8) is 0 Å². The first-order valence-electron chi connectivity index (χ1n) is 6.88. The summed E-state index contributed by atoms with van der Waals surface area (Å²) in [7, 11) is 0. The van der Waals surface area contributed by atoms with Crippen LogP contribution in [0.25, 0.3) is 0 Å². The van der Waals surface area contributed by atoms with Crippen LogP contribution in [0, 0.1) is 5.82 Å². The molecule has 1 N–H and O–H groups in total. The smallest absolute Gasteiger partial charge is 0.227 e. The first kappa shape index (κ1) is 16.9. The summed E-state index contributed by atoms with van der Waals surface area (Å²) in [6, 6.07) is 4.43. The van der Waals surface area contributed by atoms with Crippen molar-refractivity contribution in [1.82, 2.24) is 4.90 Å². The molecule has 1 aromatic carbocycles. The van der Waals surface area contributed by atoms with E-state index < -0.39 is 5.82 Å². The molecule has 0 saturated carbocycles. The van der Waals surface area contributed by atoms with Gasteiger partial charge < -0.3 is 10.0 Å². The van der Waals surface area contributed by atoms with Gasteiger partial charge in [-0.1, -0.05) is 31.5 Å². The van der Waals surface area contributed by atoms with E-state index in [1.807, 2.05) is 13.8 Å². The Morgan fingerprint density at radius 2 is 2.05 bits per heavy atom. The monoisotopic (exact) mass is 301 g/mol. The van der Waals surface area contributed by atoms with Crippen LogP contribution in [0.2, 0.25) is 5.02 Å². The largest absolute Gasteiger partial charge is 0.395 e. The Morgan fingerprint density at radius 1 is 1.40 bits per heavy atom. The van der Waals surface area contributed by atoms with Crippen LogP contribution in [0.1, 0.15) is 32.3 Å². The van der Waals surface area contributed by atoms with Crippen LogP contribution in [-0.2, 0) is 11.2 Å². The zero-order valence-corrected chi connectivity index (χ0v) is 12.7. The SMILES string of the molecule is CCC(CC)N(CCO)C(=O)Cc1c(F)cccc1Cl. The van der Waals surface area contributed by atoms with Crippen LogP contribution in [0.3, 0.4) is 0 Å². The molecule has 0 saturated heterocycles. The number of aliphatic hydroxyl groups is 1. The lowest BCUT2D eigenvalue weighted by Crippen LogP contribution is -2.42. The average Bonchev–Trinajstić information content (AvgIpc) is 2.43. The van der Waals surface area contributed by atoms with Gasteiger partial charge in [-0.15, -0.1) is 0 Å². The van der Waals surface area contributed by atoms with E-state index in [-0.39, 0.29) is 42.1 Å². The molecule has 0 aliphatic carbocycles. The van der Waals surface area contributed by atoms with Crippen LogP contribution in [0.15, 0.2) is 18.2 Å². The molecule has 20 heavy (non-hydrogen) atoms. The molecule has 1 amide bonds. The van der Waals surface area contributed by atoms with E-state index in [1.54, 1.807) is 11.0 Å².